The molecule has 1 saturated heterocycles. The van der Waals surface area contributed by atoms with Gasteiger partial charge in [-0.15, -0.1) is 26.8 Å². The quantitative estimate of drug-likeness (QED) is 0.227. The van der Waals surface area contributed by atoms with Crippen molar-refractivity contribution in [3.05, 3.63) is 76.6 Å². The molecule has 0 bridgehead atoms. The zero-order valence-corrected chi connectivity index (χ0v) is 20.7. The van der Waals surface area contributed by atoms with Gasteiger partial charge >= 0.3 is 17.8 Å². The maximum atomic E-state index is 15.5. The maximum absolute atomic E-state index is 15.5. The molecular weight excluding hydrogens is 557 g/mol. The lowest BCUT2D eigenvalue weighted by Crippen LogP contribution is -2.32. The number of aromatic nitrogens is 5. The molecule has 8 nitrogen and oxygen atoms in total. The van der Waals surface area contributed by atoms with E-state index in [1.807, 2.05) is 0 Å². The van der Waals surface area contributed by atoms with E-state index in [0.29, 0.717) is 0 Å². The average Bonchev–Trinajstić information content (AvgIpc) is 3.54. The number of terminal acetylenes is 1. The highest BCUT2D eigenvalue weighted by molar-refractivity contribution is 5.83. The lowest BCUT2D eigenvalue weighted by molar-refractivity contribution is -0.166. The number of fused-ring (bicyclic) bond motifs is 1. The van der Waals surface area contributed by atoms with Gasteiger partial charge in [0.25, 0.3) is 5.92 Å². The molecule has 1 fully saturated rings. The van der Waals surface area contributed by atoms with Crippen molar-refractivity contribution in [2.75, 3.05) is 18.0 Å². The number of halogens is 7. The summed E-state index contributed by atoms with van der Waals surface area (Å²) >= 11 is 0. The maximum Gasteiger partial charge on any atom is 0.442 e. The second-order valence-electron chi connectivity index (χ2n) is 9.59. The van der Waals surface area contributed by atoms with E-state index in [1.54, 1.807) is 6.07 Å². The third-order valence-corrected chi connectivity index (χ3v) is 6.86. The van der Waals surface area contributed by atoms with Crippen LogP contribution in [0, 0.1) is 12.3 Å². The van der Waals surface area contributed by atoms with Crippen molar-refractivity contribution in [1.82, 2.24) is 25.0 Å². The van der Waals surface area contributed by atoms with E-state index in [1.165, 1.54) is 30.3 Å². The molecule has 0 spiro atoms. The van der Waals surface area contributed by atoms with E-state index >= 15 is 8.78 Å². The highest BCUT2D eigenvalue weighted by Crippen LogP contribution is 2.53. The van der Waals surface area contributed by atoms with Crippen LogP contribution in [0.4, 0.5) is 36.6 Å². The van der Waals surface area contributed by atoms with Crippen LogP contribution < -0.4 is 4.90 Å². The summed E-state index contributed by atoms with van der Waals surface area (Å²) in [5.41, 5.74) is -4.08. The number of hydrogen-bond donors (Lipinski definition) is 0. The largest absolute Gasteiger partial charge is 0.442 e. The lowest BCUT2D eigenvalue weighted by Gasteiger charge is -2.20. The van der Waals surface area contributed by atoms with E-state index in [2.05, 4.69) is 36.3 Å². The van der Waals surface area contributed by atoms with Gasteiger partial charge in [0, 0.05) is 29.7 Å². The smallest absolute Gasteiger partial charge is 0.348 e. The van der Waals surface area contributed by atoms with E-state index < -0.39 is 54.6 Å². The van der Waals surface area contributed by atoms with Gasteiger partial charge in [0.05, 0.1) is 13.1 Å². The predicted molar refractivity (Wildman–Crippen MR) is 130 cm³/mol. The summed E-state index contributed by atoms with van der Waals surface area (Å²) in [6.45, 7) is -1.46. The van der Waals surface area contributed by atoms with Crippen molar-refractivity contribution in [2.45, 2.75) is 36.6 Å². The van der Waals surface area contributed by atoms with E-state index in [9.17, 15) is 22.0 Å². The molecular formula is C26H17F7N8. The second kappa shape index (κ2) is 8.95. The highest BCUT2D eigenvalue weighted by Gasteiger charge is 2.66. The van der Waals surface area contributed by atoms with Crippen molar-refractivity contribution in [3.8, 4) is 12.3 Å². The summed E-state index contributed by atoms with van der Waals surface area (Å²) in [4.78, 5) is 9.86. The molecule has 0 unspecified atom stereocenters. The molecule has 41 heavy (non-hydrogen) atoms. The molecule has 0 atom stereocenters. The topological polar surface area (TPSA) is 84.4 Å². The molecule has 0 radical (unpaired) electrons. The Bertz CT molecular complexity index is 1720. The Kier molecular flexibility index (Phi) is 5.81. The van der Waals surface area contributed by atoms with Crippen LogP contribution in [0.25, 0.3) is 11.2 Å². The van der Waals surface area contributed by atoms with Crippen LogP contribution in [0.1, 0.15) is 34.5 Å². The first-order valence-corrected chi connectivity index (χ1v) is 12.1. The first-order chi connectivity index (χ1) is 19.3. The molecule has 0 N–H and O–H groups in total. The van der Waals surface area contributed by atoms with Gasteiger partial charge in [0.2, 0.25) is 11.5 Å². The van der Waals surface area contributed by atoms with E-state index in [0.717, 1.165) is 21.8 Å². The molecule has 15 heteroatoms. The van der Waals surface area contributed by atoms with Crippen LogP contribution in [0.5, 0.6) is 0 Å². The fourth-order valence-corrected chi connectivity index (χ4v) is 4.75. The lowest BCUT2D eigenvalue weighted by atomic mass is 9.93. The van der Waals surface area contributed by atoms with Crippen molar-refractivity contribution in [1.29, 1.82) is 0 Å². The molecule has 2 aromatic carbocycles. The summed E-state index contributed by atoms with van der Waals surface area (Å²) < 4.78 is 101. The van der Waals surface area contributed by atoms with Gasteiger partial charge in [-0.05, 0) is 11.6 Å². The fourth-order valence-electron chi connectivity index (χ4n) is 4.75. The van der Waals surface area contributed by atoms with Crippen LogP contribution in [0.15, 0.2) is 58.8 Å². The minimum Gasteiger partial charge on any atom is -0.348 e. The molecule has 2 aromatic heterocycles. The Labute approximate surface area is 226 Å². The van der Waals surface area contributed by atoms with Crippen molar-refractivity contribution in [2.24, 2.45) is 10.2 Å². The van der Waals surface area contributed by atoms with Crippen LogP contribution in [0.2, 0.25) is 0 Å². The molecule has 210 valence electrons. The number of nitrogens with zero attached hydrogens (tertiary/aromatic N) is 8. The van der Waals surface area contributed by atoms with Gasteiger partial charge in [-0.25, -0.2) is 18.7 Å². The van der Waals surface area contributed by atoms with E-state index in [4.69, 9.17) is 6.42 Å². The van der Waals surface area contributed by atoms with Crippen molar-refractivity contribution in [3.63, 3.8) is 0 Å². The summed E-state index contributed by atoms with van der Waals surface area (Å²) in [7, 11) is 0. The fraction of sp³-hybridized carbons (Fsp3) is 0.308. The minimum atomic E-state index is -4.85. The number of rotatable bonds is 6. The molecule has 0 saturated carbocycles. The first kappa shape index (κ1) is 26.6. The molecule has 0 aliphatic carbocycles. The van der Waals surface area contributed by atoms with Crippen LogP contribution >= 0.6 is 0 Å². The number of anilines is 1. The summed E-state index contributed by atoms with van der Waals surface area (Å²) in [5.74, 6) is -5.80. The van der Waals surface area contributed by atoms with Crippen molar-refractivity contribution < 1.29 is 30.7 Å². The van der Waals surface area contributed by atoms with Gasteiger partial charge in [-0.2, -0.15) is 26.7 Å². The Balaban J connectivity index is 1.48. The summed E-state index contributed by atoms with van der Waals surface area (Å²) in [6.07, 6.45) is 0.159. The van der Waals surface area contributed by atoms with Crippen LogP contribution in [0.3, 0.4) is 0 Å². The standard InChI is InChI=1S/C26H17F7N8/c1-2-15-7-6-10-18(25(38-39-25)26(31,32)33)17(15)13-41-36-19-20(37-41)34-22(24(29,30)16-8-4-3-5-9-16)35-21(19)40-12-11-23(27,28)14-40/h1,3-10H,11-14H2. The Morgan fingerprint density at radius 3 is 2.27 bits per heavy atom. The third kappa shape index (κ3) is 4.43. The number of hydrogen-bond acceptors (Lipinski definition) is 7. The predicted octanol–water partition coefficient (Wildman–Crippen LogP) is 5.42. The Hall–Kier alpha value is -4.61. The normalized spacial score (nSPS) is 17.7. The van der Waals surface area contributed by atoms with Crippen LogP contribution in [-0.2, 0) is 18.1 Å². The molecule has 4 aromatic rings. The molecule has 0 amide bonds. The zero-order valence-electron chi connectivity index (χ0n) is 20.7. The van der Waals surface area contributed by atoms with Gasteiger partial charge in [-0.3, -0.25) is 0 Å². The number of alkyl halides is 7. The summed E-state index contributed by atoms with van der Waals surface area (Å²) in [6, 6.07) is 10.6. The molecule has 6 rings (SSSR count). The first-order valence-electron chi connectivity index (χ1n) is 12.1. The third-order valence-electron chi connectivity index (χ3n) is 6.86. The highest BCUT2D eigenvalue weighted by atomic mass is 19.4. The minimum absolute atomic E-state index is 0.0327. The van der Waals surface area contributed by atoms with Gasteiger partial charge in [-0.1, -0.05) is 48.4 Å². The Morgan fingerprint density at radius 2 is 1.66 bits per heavy atom. The monoisotopic (exact) mass is 574 g/mol. The van der Waals surface area contributed by atoms with E-state index in [-0.39, 0.29) is 40.2 Å². The summed E-state index contributed by atoms with van der Waals surface area (Å²) in [5, 5.41) is 14.8. The molecule has 2 aliphatic heterocycles. The Morgan fingerprint density at radius 1 is 0.927 bits per heavy atom. The van der Waals surface area contributed by atoms with Crippen molar-refractivity contribution >= 4 is 17.0 Å². The average molecular weight is 574 g/mol. The van der Waals surface area contributed by atoms with Gasteiger partial charge in [0.1, 0.15) is 0 Å². The van der Waals surface area contributed by atoms with Gasteiger partial charge in [0.15, 0.2) is 11.3 Å². The molecule has 4 heterocycles. The zero-order chi connectivity index (χ0) is 29.2. The van der Waals surface area contributed by atoms with Gasteiger partial charge < -0.3 is 4.90 Å². The van der Waals surface area contributed by atoms with Crippen LogP contribution in [-0.4, -0.2) is 50.2 Å². The number of benzene rings is 2. The second-order valence-corrected chi connectivity index (χ2v) is 9.59. The SMILES string of the molecule is C#Cc1cccc(C2(C(F)(F)F)N=N2)c1Cn1nc2nc(C(F)(F)c3ccccc3)nc(N3CCC(F)(F)C3)c2n1. The molecule has 2 aliphatic rings.